The summed E-state index contributed by atoms with van der Waals surface area (Å²) in [5.74, 6) is 0. The lowest BCUT2D eigenvalue weighted by molar-refractivity contribution is -0.393. The number of fused-ring (bicyclic) bond motifs is 1. The maximum absolute atomic E-state index is 11.1. The van der Waals surface area contributed by atoms with Gasteiger partial charge in [-0.2, -0.15) is 5.10 Å². The van der Waals surface area contributed by atoms with E-state index in [9.17, 15) is 30.3 Å². The highest BCUT2D eigenvalue weighted by molar-refractivity contribution is 6.01. The van der Waals surface area contributed by atoms with Crippen molar-refractivity contribution in [3.05, 3.63) is 78.0 Å². The van der Waals surface area contributed by atoms with Crippen molar-refractivity contribution in [3.8, 4) is 0 Å². The number of nitro groups is 3. The Morgan fingerprint density at radius 3 is 2.25 bits per heavy atom. The van der Waals surface area contributed by atoms with E-state index in [0.29, 0.717) is 22.2 Å². The first-order valence-electron chi connectivity index (χ1n) is 7.76. The van der Waals surface area contributed by atoms with Gasteiger partial charge in [-0.1, -0.05) is 0 Å². The van der Waals surface area contributed by atoms with Gasteiger partial charge in [0.15, 0.2) is 0 Å². The van der Waals surface area contributed by atoms with Crippen molar-refractivity contribution in [3.63, 3.8) is 0 Å². The lowest BCUT2D eigenvalue weighted by Gasteiger charge is -2.02. The minimum atomic E-state index is -0.749. The number of hydrogen-bond acceptors (Lipinski definition) is 8. The molecule has 0 aliphatic carbocycles. The van der Waals surface area contributed by atoms with Crippen LogP contribution in [0.2, 0.25) is 0 Å². The lowest BCUT2D eigenvalue weighted by Crippen LogP contribution is -1.99. The number of aryl methyl sites for hydroxylation is 1. The van der Waals surface area contributed by atoms with Gasteiger partial charge >= 0.3 is 5.69 Å². The number of anilines is 1. The van der Waals surface area contributed by atoms with Crippen LogP contribution in [0.5, 0.6) is 0 Å². The zero-order chi connectivity index (χ0) is 20.4. The second kappa shape index (κ2) is 7.11. The summed E-state index contributed by atoms with van der Waals surface area (Å²) in [6.07, 6.45) is 1.41. The Hall–Kier alpha value is -4.35. The molecule has 3 aromatic rings. The summed E-state index contributed by atoms with van der Waals surface area (Å²) in [7, 11) is 0. The third-order valence-electron chi connectivity index (χ3n) is 4.00. The summed E-state index contributed by atoms with van der Waals surface area (Å²) in [5.41, 5.74) is 3.42. The topological polar surface area (TPSA) is 170 Å². The van der Waals surface area contributed by atoms with Crippen LogP contribution in [0.3, 0.4) is 0 Å². The fraction of sp³-hybridized carbons (Fsp3) is 0.0625. The molecular weight excluding hydrogens is 372 g/mol. The summed E-state index contributed by atoms with van der Waals surface area (Å²) in [4.78, 5) is 33.8. The Morgan fingerprint density at radius 1 is 0.964 bits per heavy atom. The molecule has 12 heteroatoms. The lowest BCUT2D eigenvalue weighted by atomic mass is 10.1. The second-order valence-corrected chi connectivity index (χ2v) is 5.74. The van der Waals surface area contributed by atoms with Crippen LogP contribution in [0.4, 0.5) is 22.7 Å². The van der Waals surface area contributed by atoms with Crippen molar-refractivity contribution in [2.24, 2.45) is 5.10 Å². The minimum absolute atomic E-state index is 0.0139. The molecule has 0 bridgehead atoms. The molecular formula is C16H12N6O6. The van der Waals surface area contributed by atoms with Crippen molar-refractivity contribution < 1.29 is 14.8 Å². The predicted octanol–water partition coefficient (Wildman–Crippen LogP) is 3.65. The summed E-state index contributed by atoms with van der Waals surface area (Å²) in [6, 6.07) is 7.50. The predicted molar refractivity (Wildman–Crippen MR) is 101 cm³/mol. The number of rotatable bonds is 6. The van der Waals surface area contributed by atoms with Crippen molar-refractivity contribution in [2.75, 3.05) is 5.43 Å². The molecule has 0 aliphatic heterocycles. The van der Waals surface area contributed by atoms with Crippen LogP contribution in [0.25, 0.3) is 10.9 Å². The number of aromatic amines is 1. The Balaban J connectivity index is 1.91. The van der Waals surface area contributed by atoms with Crippen LogP contribution in [-0.4, -0.2) is 26.0 Å². The quantitative estimate of drug-likeness (QED) is 0.371. The van der Waals surface area contributed by atoms with Crippen LogP contribution in [0.15, 0.2) is 41.5 Å². The molecule has 0 aliphatic rings. The summed E-state index contributed by atoms with van der Waals surface area (Å²) >= 11 is 0. The highest BCUT2D eigenvalue weighted by Gasteiger charge is 2.19. The Morgan fingerprint density at radius 2 is 1.61 bits per heavy atom. The third kappa shape index (κ3) is 3.46. The van der Waals surface area contributed by atoms with E-state index < -0.39 is 26.1 Å². The molecule has 0 spiro atoms. The van der Waals surface area contributed by atoms with E-state index in [1.165, 1.54) is 24.4 Å². The van der Waals surface area contributed by atoms with Crippen molar-refractivity contribution in [1.29, 1.82) is 0 Å². The average Bonchev–Trinajstić information content (AvgIpc) is 2.96. The number of nitrogens with zero attached hydrogens (tertiary/aromatic N) is 4. The number of nitro benzene ring substituents is 3. The first-order valence-corrected chi connectivity index (χ1v) is 7.76. The molecule has 1 heterocycles. The van der Waals surface area contributed by atoms with Gasteiger partial charge in [-0.25, -0.2) is 0 Å². The molecule has 0 atom stereocenters. The van der Waals surface area contributed by atoms with Crippen LogP contribution < -0.4 is 5.43 Å². The van der Waals surface area contributed by atoms with Crippen LogP contribution in [0, 0.1) is 37.3 Å². The molecule has 142 valence electrons. The zero-order valence-electron chi connectivity index (χ0n) is 14.3. The monoisotopic (exact) mass is 384 g/mol. The van der Waals surface area contributed by atoms with E-state index in [1.807, 2.05) is 0 Å². The average molecular weight is 384 g/mol. The molecule has 2 aromatic carbocycles. The molecule has 0 saturated heterocycles. The number of H-pyrrole nitrogens is 1. The van der Waals surface area contributed by atoms with Gasteiger partial charge in [0, 0.05) is 34.8 Å². The summed E-state index contributed by atoms with van der Waals surface area (Å²) < 4.78 is 0. The number of hydrazone groups is 1. The standard InChI is InChI=1S/C16H12N6O6/c1-9-13(12-4-2-10(20(23)24)6-15(12)18-9)8-17-19-14-5-3-11(21(25)26)7-16(14)22(27)28/h2-8,18-19H,1H3. The number of hydrogen-bond donors (Lipinski definition) is 2. The van der Waals surface area contributed by atoms with Gasteiger partial charge in [-0.15, -0.1) is 0 Å². The highest BCUT2D eigenvalue weighted by Crippen LogP contribution is 2.29. The van der Waals surface area contributed by atoms with E-state index >= 15 is 0 Å². The van der Waals surface area contributed by atoms with E-state index in [2.05, 4.69) is 15.5 Å². The van der Waals surface area contributed by atoms with Crippen molar-refractivity contribution in [1.82, 2.24) is 4.98 Å². The minimum Gasteiger partial charge on any atom is -0.358 e. The molecule has 2 N–H and O–H groups in total. The molecule has 12 nitrogen and oxygen atoms in total. The Bertz CT molecular complexity index is 1150. The molecule has 28 heavy (non-hydrogen) atoms. The second-order valence-electron chi connectivity index (χ2n) is 5.74. The van der Waals surface area contributed by atoms with E-state index in [4.69, 9.17) is 0 Å². The van der Waals surface area contributed by atoms with E-state index in [1.54, 1.807) is 13.0 Å². The SMILES string of the molecule is Cc1[nH]c2cc([N+](=O)[O-])ccc2c1C=NNc1ccc([N+](=O)[O-])cc1[N+](=O)[O-]. The first kappa shape index (κ1) is 18.4. The smallest absolute Gasteiger partial charge is 0.301 e. The molecule has 1 aromatic heterocycles. The molecule has 0 unspecified atom stereocenters. The third-order valence-corrected chi connectivity index (χ3v) is 4.00. The van der Waals surface area contributed by atoms with Gasteiger partial charge in [-0.05, 0) is 19.1 Å². The van der Waals surface area contributed by atoms with Gasteiger partial charge in [0.05, 0.1) is 32.6 Å². The maximum Gasteiger partial charge on any atom is 0.301 e. The number of benzene rings is 2. The maximum atomic E-state index is 11.1. The van der Waals surface area contributed by atoms with Crippen LogP contribution in [-0.2, 0) is 0 Å². The molecule has 0 fully saturated rings. The largest absolute Gasteiger partial charge is 0.358 e. The number of non-ortho nitro benzene ring substituents is 2. The summed E-state index contributed by atoms with van der Waals surface area (Å²) in [6.45, 7) is 1.75. The fourth-order valence-corrected chi connectivity index (χ4v) is 2.67. The molecule has 0 saturated carbocycles. The van der Waals surface area contributed by atoms with Crippen LogP contribution >= 0.6 is 0 Å². The molecule has 0 radical (unpaired) electrons. The van der Waals surface area contributed by atoms with E-state index in [-0.39, 0.29) is 11.4 Å². The van der Waals surface area contributed by atoms with Gasteiger partial charge in [0.1, 0.15) is 5.69 Å². The zero-order valence-corrected chi connectivity index (χ0v) is 14.3. The Kier molecular flexibility index (Phi) is 4.68. The highest BCUT2D eigenvalue weighted by atomic mass is 16.6. The fourth-order valence-electron chi connectivity index (χ4n) is 2.67. The van der Waals surface area contributed by atoms with Gasteiger partial charge < -0.3 is 4.98 Å². The normalized spacial score (nSPS) is 11.0. The first-order chi connectivity index (χ1) is 13.3. The number of nitrogens with one attached hydrogen (secondary N) is 2. The number of aromatic nitrogens is 1. The Labute approximate surface area is 155 Å². The van der Waals surface area contributed by atoms with Gasteiger partial charge in [0.25, 0.3) is 11.4 Å². The van der Waals surface area contributed by atoms with Crippen molar-refractivity contribution >= 4 is 39.9 Å². The molecule has 3 rings (SSSR count). The summed E-state index contributed by atoms with van der Waals surface area (Å²) in [5, 5.41) is 37.4. The van der Waals surface area contributed by atoms with Gasteiger partial charge in [-0.3, -0.25) is 35.8 Å². The van der Waals surface area contributed by atoms with Gasteiger partial charge in [0.2, 0.25) is 0 Å². The van der Waals surface area contributed by atoms with E-state index in [0.717, 1.165) is 12.1 Å². The van der Waals surface area contributed by atoms with Crippen molar-refractivity contribution in [2.45, 2.75) is 6.92 Å². The molecule has 0 amide bonds. The van der Waals surface area contributed by atoms with Crippen LogP contribution in [0.1, 0.15) is 11.3 Å².